The van der Waals surface area contributed by atoms with Crippen molar-refractivity contribution in [3.63, 3.8) is 0 Å². The fourth-order valence-corrected chi connectivity index (χ4v) is 4.30. The number of allylic oxidation sites excluding steroid dienone is 2. The van der Waals surface area contributed by atoms with Crippen LogP contribution in [0.3, 0.4) is 0 Å². The van der Waals surface area contributed by atoms with Crippen LogP contribution >= 0.6 is 0 Å². The number of ether oxygens (including phenoxy) is 1. The highest BCUT2D eigenvalue weighted by Crippen LogP contribution is 2.38. The number of hydrogen-bond acceptors (Lipinski definition) is 2. The number of benzene rings is 2. The molecule has 2 nitrogen and oxygen atoms in total. The number of aromatic hydroxyl groups is 1. The quantitative estimate of drug-likeness (QED) is 0.193. The van der Waals surface area contributed by atoms with Crippen LogP contribution in [0.25, 0.3) is 11.1 Å². The molecule has 1 unspecified atom stereocenters. The standard InChI is InChI=1S/C31H44O2/c1-5-9-10-11-12-13-14-17-25(8-4)24-33-31-21-19-27(16-7-3)23-29(31)28-22-26(15-6-2)18-20-30(28)32/h6-7,18-23,25,32H,2-3,5,8-17,24H2,1,4H3. The molecule has 2 aromatic carbocycles. The van der Waals surface area contributed by atoms with Crippen LogP contribution in [-0.2, 0) is 12.8 Å². The van der Waals surface area contributed by atoms with E-state index < -0.39 is 0 Å². The second-order valence-electron chi connectivity index (χ2n) is 9.16. The maximum atomic E-state index is 10.6. The minimum atomic E-state index is 0.276. The van der Waals surface area contributed by atoms with Crippen molar-refractivity contribution in [3.8, 4) is 22.6 Å². The van der Waals surface area contributed by atoms with Gasteiger partial charge in [-0.05, 0) is 60.6 Å². The Bertz CT molecular complexity index is 852. The van der Waals surface area contributed by atoms with E-state index in [2.05, 4.69) is 39.1 Å². The zero-order valence-corrected chi connectivity index (χ0v) is 21.0. The van der Waals surface area contributed by atoms with Crippen LogP contribution in [0.2, 0.25) is 0 Å². The van der Waals surface area contributed by atoms with Gasteiger partial charge in [0, 0.05) is 11.1 Å². The van der Waals surface area contributed by atoms with Gasteiger partial charge in [-0.3, -0.25) is 0 Å². The summed E-state index contributed by atoms with van der Waals surface area (Å²) in [6, 6.07) is 12.0. The first-order chi connectivity index (χ1) is 16.1. The number of rotatable bonds is 17. The molecule has 0 radical (unpaired) electrons. The van der Waals surface area contributed by atoms with Crippen molar-refractivity contribution >= 4 is 0 Å². The van der Waals surface area contributed by atoms with E-state index in [9.17, 15) is 5.11 Å². The molecular formula is C31H44O2. The summed E-state index contributed by atoms with van der Waals surface area (Å²) < 4.78 is 6.39. The summed E-state index contributed by atoms with van der Waals surface area (Å²) in [6.45, 7) is 13.0. The van der Waals surface area contributed by atoms with Crippen LogP contribution in [0.15, 0.2) is 61.7 Å². The summed E-state index contributed by atoms with van der Waals surface area (Å²) in [6.07, 6.45) is 17.1. The van der Waals surface area contributed by atoms with Crippen LogP contribution in [0.5, 0.6) is 11.5 Å². The van der Waals surface area contributed by atoms with Gasteiger partial charge in [-0.15, -0.1) is 13.2 Å². The van der Waals surface area contributed by atoms with Gasteiger partial charge in [0.05, 0.1) is 6.61 Å². The minimum Gasteiger partial charge on any atom is -0.507 e. The van der Waals surface area contributed by atoms with Gasteiger partial charge in [0.2, 0.25) is 0 Å². The summed E-state index contributed by atoms with van der Waals surface area (Å²) in [5.41, 5.74) is 4.05. The molecule has 0 bridgehead atoms. The van der Waals surface area contributed by atoms with Gasteiger partial charge in [0.15, 0.2) is 0 Å². The molecule has 1 atom stereocenters. The Morgan fingerprint density at radius 3 is 2.06 bits per heavy atom. The lowest BCUT2D eigenvalue weighted by Crippen LogP contribution is -2.12. The average molecular weight is 449 g/mol. The van der Waals surface area contributed by atoms with Crippen molar-refractivity contribution in [1.29, 1.82) is 0 Å². The Morgan fingerprint density at radius 1 is 0.818 bits per heavy atom. The first kappa shape index (κ1) is 26.8. The molecular weight excluding hydrogens is 404 g/mol. The molecule has 0 amide bonds. The highest BCUT2D eigenvalue weighted by Gasteiger charge is 2.15. The van der Waals surface area contributed by atoms with Crippen LogP contribution in [0.1, 0.15) is 82.8 Å². The van der Waals surface area contributed by atoms with Gasteiger partial charge >= 0.3 is 0 Å². The summed E-state index contributed by atoms with van der Waals surface area (Å²) in [5.74, 6) is 1.67. The molecule has 0 fully saturated rings. The predicted molar refractivity (Wildman–Crippen MR) is 143 cm³/mol. The van der Waals surface area contributed by atoms with Crippen molar-refractivity contribution in [3.05, 3.63) is 72.8 Å². The summed E-state index contributed by atoms with van der Waals surface area (Å²) in [7, 11) is 0. The Morgan fingerprint density at radius 2 is 1.42 bits per heavy atom. The largest absolute Gasteiger partial charge is 0.507 e. The zero-order valence-electron chi connectivity index (χ0n) is 21.0. The van der Waals surface area contributed by atoms with Gasteiger partial charge < -0.3 is 9.84 Å². The average Bonchev–Trinajstić information content (AvgIpc) is 2.82. The summed E-state index contributed by atoms with van der Waals surface area (Å²) in [4.78, 5) is 0. The van der Waals surface area contributed by atoms with E-state index in [1.807, 2.05) is 30.4 Å². The van der Waals surface area contributed by atoms with E-state index in [1.54, 1.807) is 6.07 Å². The monoisotopic (exact) mass is 448 g/mol. The normalized spacial score (nSPS) is 11.8. The van der Waals surface area contributed by atoms with Crippen molar-refractivity contribution in [2.75, 3.05) is 6.61 Å². The fraction of sp³-hybridized carbons (Fsp3) is 0.484. The van der Waals surface area contributed by atoms with E-state index in [4.69, 9.17) is 4.74 Å². The molecule has 0 heterocycles. The van der Waals surface area contributed by atoms with Crippen molar-refractivity contribution in [1.82, 2.24) is 0 Å². The molecule has 0 aliphatic heterocycles. The molecule has 0 spiro atoms. The SMILES string of the molecule is C=CCc1ccc(O)c(-c2cc(CC=C)ccc2OCC(CC)CCCCCCCCC)c1. The molecule has 2 rings (SSSR count). The third-order valence-corrected chi connectivity index (χ3v) is 6.42. The van der Waals surface area contributed by atoms with E-state index in [-0.39, 0.29) is 5.75 Å². The molecule has 180 valence electrons. The maximum Gasteiger partial charge on any atom is 0.127 e. The van der Waals surface area contributed by atoms with Crippen LogP contribution in [0.4, 0.5) is 0 Å². The second kappa shape index (κ2) is 15.4. The lowest BCUT2D eigenvalue weighted by molar-refractivity contribution is 0.233. The summed E-state index contributed by atoms with van der Waals surface area (Å²) in [5, 5.41) is 10.6. The molecule has 0 aromatic heterocycles. The predicted octanol–water partition coefficient (Wildman–Crippen LogP) is 9.06. The van der Waals surface area contributed by atoms with Gasteiger partial charge in [0.1, 0.15) is 11.5 Å². The smallest absolute Gasteiger partial charge is 0.127 e. The molecule has 0 saturated heterocycles. The Balaban J connectivity index is 2.09. The van der Waals surface area contributed by atoms with E-state index in [1.165, 1.54) is 51.4 Å². The van der Waals surface area contributed by atoms with E-state index in [0.29, 0.717) is 12.5 Å². The van der Waals surface area contributed by atoms with Crippen LogP contribution < -0.4 is 4.74 Å². The van der Waals surface area contributed by atoms with Gasteiger partial charge in [-0.25, -0.2) is 0 Å². The highest BCUT2D eigenvalue weighted by atomic mass is 16.5. The molecule has 0 saturated carbocycles. The van der Waals surface area contributed by atoms with Gasteiger partial charge in [-0.2, -0.15) is 0 Å². The van der Waals surface area contributed by atoms with E-state index >= 15 is 0 Å². The van der Waals surface area contributed by atoms with Crippen molar-refractivity contribution in [2.24, 2.45) is 5.92 Å². The summed E-state index contributed by atoms with van der Waals surface area (Å²) >= 11 is 0. The van der Waals surface area contributed by atoms with Gasteiger partial charge in [0.25, 0.3) is 0 Å². The topological polar surface area (TPSA) is 29.5 Å². The maximum absolute atomic E-state index is 10.6. The number of phenolic OH excluding ortho intramolecular Hbond substituents is 1. The van der Waals surface area contributed by atoms with Crippen LogP contribution in [-0.4, -0.2) is 11.7 Å². The minimum absolute atomic E-state index is 0.276. The molecule has 0 aliphatic carbocycles. The first-order valence-corrected chi connectivity index (χ1v) is 12.9. The zero-order chi connectivity index (χ0) is 23.9. The Kier molecular flexibility index (Phi) is 12.5. The molecule has 0 aliphatic rings. The molecule has 2 aromatic rings. The molecule has 1 N–H and O–H groups in total. The Labute approximate surface area is 202 Å². The second-order valence-corrected chi connectivity index (χ2v) is 9.16. The number of unbranched alkanes of at least 4 members (excludes halogenated alkanes) is 6. The Hall–Kier alpha value is -2.48. The third-order valence-electron chi connectivity index (χ3n) is 6.42. The third kappa shape index (κ3) is 9.12. The lowest BCUT2D eigenvalue weighted by Gasteiger charge is -2.19. The van der Waals surface area contributed by atoms with E-state index in [0.717, 1.165) is 47.3 Å². The fourth-order valence-electron chi connectivity index (χ4n) is 4.30. The number of phenols is 1. The first-order valence-electron chi connectivity index (χ1n) is 12.9. The van der Waals surface area contributed by atoms with Crippen LogP contribution in [0, 0.1) is 5.92 Å². The molecule has 2 heteroatoms. The number of hydrogen-bond donors (Lipinski definition) is 1. The van der Waals surface area contributed by atoms with Crippen molar-refractivity contribution < 1.29 is 9.84 Å². The highest BCUT2D eigenvalue weighted by molar-refractivity contribution is 5.76. The van der Waals surface area contributed by atoms with Crippen molar-refractivity contribution in [2.45, 2.75) is 84.5 Å². The lowest BCUT2D eigenvalue weighted by atomic mass is 9.96. The van der Waals surface area contributed by atoms with Gasteiger partial charge in [-0.1, -0.05) is 89.5 Å². The molecule has 33 heavy (non-hydrogen) atoms.